The number of ether oxygens (including phenoxy) is 1. The monoisotopic (exact) mass is 368 g/mol. The van der Waals surface area contributed by atoms with Gasteiger partial charge in [-0.2, -0.15) is 13.4 Å². The van der Waals surface area contributed by atoms with E-state index in [0.717, 1.165) is 16.6 Å². The van der Waals surface area contributed by atoms with Crippen LogP contribution in [0.15, 0.2) is 33.7 Å². The largest absolute Gasteiger partial charge is 0.494 e. The SMILES string of the molecule is CN(C)Cc1cccc(OCCCNC2=NC(N)=NS(=O)(=O)N2C)c1. The molecule has 10 heteroatoms. The van der Waals surface area contributed by atoms with Gasteiger partial charge >= 0.3 is 10.2 Å². The minimum atomic E-state index is -3.79. The molecule has 0 unspecified atom stereocenters. The predicted molar refractivity (Wildman–Crippen MR) is 97.7 cm³/mol. The van der Waals surface area contributed by atoms with Crippen LogP contribution in [0.25, 0.3) is 0 Å². The Labute approximate surface area is 148 Å². The van der Waals surface area contributed by atoms with Crippen LogP contribution in [0.1, 0.15) is 12.0 Å². The van der Waals surface area contributed by atoms with Crippen molar-refractivity contribution in [2.75, 3.05) is 34.3 Å². The Bertz CT molecular complexity index is 760. The number of rotatable bonds is 7. The first-order valence-corrected chi connectivity index (χ1v) is 9.21. The molecule has 1 aliphatic heterocycles. The summed E-state index contributed by atoms with van der Waals surface area (Å²) in [6.45, 7) is 1.83. The van der Waals surface area contributed by atoms with Crippen molar-refractivity contribution < 1.29 is 13.2 Å². The van der Waals surface area contributed by atoms with E-state index >= 15 is 0 Å². The van der Waals surface area contributed by atoms with Gasteiger partial charge in [-0.15, -0.1) is 4.40 Å². The van der Waals surface area contributed by atoms with Crippen LogP contribution in [0.5, 0.6) is 5.75 Å². The minimum Gasteiger partial charge on any atom is -0.494 e. The number of hydrogen-bond donors (Lipinski definition) is 2. The number of nitrogens with two attached hydrogens (primary N) is 1. The lowest BCUT2D eigenvalue weighted by Gasteiger charge is -2.22. The number of nitrogens with zero attached hydrogens (tertiary/aromatic N) is 4. The van der Waals surface area contributed by atoms with Crippen molar-refractivity contribution in [3.63, 3.8) is 0 Å². The molecule has 0 aromatic heterocycles. The molecule has 1 heterocycles. The molecule has 0 bridgehead atoms. The van der Waals surface area contributed by atoms with Gasteiger partial charge in [0.25, 0.3) is 0 Å². The van der Waals surface area contributed by atoms with Crippen LogP contribution in [0.2, 0.25) is 0 Å². The van der Waals surface area contributed by atoms with Crippen molar-refractivity contribution in [1.82, 2.24) is 14.5 Å². The van der Waals surface area contributed by atoms with Gasteiger partial charge in [-0.3, -0.25) is 0 Å². The molecule has 0 radical (unpaired) electrons. The van der Waals surface area contributed by atoms with E-state index in [1.54, 1.807) is 0 Å². The molecule has 9 nitrogen and oxygen atoms in total. The van der Waals surface area contributed by atoms with E-state index in [2.05, 4.69) is 25.7 Å². The topological polar surface area (TPSA) is 113 Å². The first-order valence-electron chi connectivity index (χ1n) is 7.81. The zero-order valence-corrected chi connectivity index (χ0v) is 15.5. The lowest BCUT2D eigenvalue weighted by atomic mass is 10.2. The summed E-state index contributed by atoms with van der Waals surface area (Å²) in [4.78, 5) is 5.98. The number of benzene rings is 1. The molecule has 0 atom stereocenters. The van der Waals surface area contributed by atoms with E-state index in [0.29, 0.717) is 19.6 Å². The Morgan fingerprint density at radius 3 is 2.84 bits per heavy atom. The van der Waals surface area contributed by atoms with Crippen LogP contribution >= 0.6 is 0 Å². The third kappa shape index (κ3) is 5.61. The zero-order valence-electron chi connectivity index (χ0n) is 14.6. The normalized spacial score (nSPS) is 16.4. The van der Waals surface area contributed by atoms with Crippen LogP contribution in [0, 0.1) is 0 Å². The fourth-order valence-corrected chi connectivity index (χ4v) is 2.92. The highest BCUT2D eigenvalue weighted by molar-refractivity contribution is 7.88. The lowest BCUT2D eigenvalue weighted by molar-refractivity contribution is 0.310. The van der Waals surface area contributed by atoms with Crippen molar-refractivity contribution in [2.45, 2.75) is 13.0 Å². The third-order valence-electron chi connectivity index (χ3n) is 3.34. The summed E-state index contributed by atoms with van der Waals surface area (Å²) in [5.41, 5.74) is 6.59. The number of hydrogen-bond acceptors (Lipinski definition) is 7. The Balaban J connectivity index is 1.78. The summed E-state index contributed by atoms with van der Waals surface area (Å²) in [7, 11) is 1.60. The molecule has 0 spiro atoms. The van der Waals surface area contributed by atoms with Crippen LogP contribution in [-0.2, 0) is 16.8 Å². The Kier molecular flexibility index (Phi) is 6.21. The average Bonchev–Trinajstić information content (AvgIpc) is 2.51. The molecule has 3 N–H and O–H groups in total. The van der Waals surface area contributed by atoms with Crippen molar-refractivity contribution in [3.05, 3.63) is 29.8 Å². The summed E-state index contributed by atoms with van der Waals surface area (Å²) in [6.07, 6.45) is 0.669. The summed E-state index contributed by atoms with van der Waals surface area (Å²) < 4.78 is 33.4. The van der Waals surface area contributed by atoms with Crippen LogP contribution in [0.4, 0.5) is 0 Å². The highest BCUT2D eigenvalue weighted by Gasteiger charge is 2.25. The number of aliphatic imine (C=N–C) groups is 1. The maximum absolute atomic E-state index is 11.7. The van der Waals surface area contributed by atoms with Gasteiger partial charge in [-0.05, 0) is 38.2 Å². The molecule has 1 aromatic carbocycles. The Hall–Kier alpha value is -2.33. The van der Waals surface area contributed by atoms with E-state index in [1.807, 2.05) is 32.3 Å². The van der Waals surface area contributed by atoms with E-state index in [9.17, 15) is 8.42 Å². The first kappa shape index (κ1) is 19.0. The summed E-state index contributed by atoms with van der Waals surface area (Å²) in [6, 6.07) is 7.94. The molecule has 1 aliphatic rings. The van der Waals surface area contributed by atoms with Gasteiger partial charge < -0.3 is 20.7 Å². The third-order valence-corrected chi connectivity index (χ3v) is 4.63. The summed E-state index contributed by atoms with van der Waals surface area (Å²) in [5.74, 6) is 0.681. The maximum atomic E-state index is 11.7. The first-order chi connectivity index (χ1) is 11.8. The van der Waals surface area contributed by atoms with Gasteiger partial charge in [0, 0.05) is 20.1 Å². The molecule has 0 aliphatic carbocycles. The predicted octanol–water partition coefficient (Wildman–Crippen LogP) is -0.0324. The number of nitrogens with one attached hydrogen (secondary N) is 1. The van der Waals surface area contributed by atoms with Crippen molar-refractivity contribution in [2.24, 2.45) is 15.1 Å². The van der Waals surface area contributed by atoms with Gasteiger partial charge in [-0.25, -0.2) is 4.31 Å². The minimum absolute atomic E-state index is 0.153. The molecule has 1 aromatic rings. The second-order valence-electron chi connectivity index (χ2n) is 5.84. The van der Waals surface area contributed by atoms with Crippen LogP contribution in [-0.4, -0.2) is 63.8 Å². The highest BCUT2D eigenvalue weighted by atomic mass is 32.2. The molecule has 138 valence electrons. The zero-order chi connectivity index (χ0) is 18.4. The van der Waals surface area contributed by atoms with Crippen LogP contribution < -0.4 is 15.8 Å². The molecule has 0 fully saturated rings. The second-order valence-corrected chi connectivity index (χ2v) is 7.47. The maximum Gasteiger partial charge on any atom is 0.350 e. The Morgan fingerprint density at radius 2 is 2.12 bits per heavy atom. The van der Waals surface area contributed by atoms with Gasteiger partial charge in [-0.1, -0.05) is 12.1 Å². The quantitative estimate of drug-likeness (QED) is 0.654. The smallest absolute Gasteiger partial charge is 0.350 e. The lowest BCUT2D eigenvalue weighted by Crippen LogP contribution is -2.46. The van der Waals surface area contributed by atoms with Gasteiger partial charge in [0.2, 0.25) is 11.9 Å². The van der Waals surface area contributed by atoms with E-state index in [1.165, 1.54) is 12.6 Å². The standard InChI is InChI=1S/C15H24N6O3S/c1-20(2)11-12-6-4-7-13(10-12)24-9-5-8-17-15-18-14(16)19-25(22,23)21(15)3/h4,6-7,10H,5,8-9,11H2,1-3H3,(H3,16,17,18,19). The van der Waals surface area contributed by atoms with E-state index in [4.69, 9.17) is 10.5 Å². The fourth-order valence-electron chi connectivity index (χ4n) is 2.20. The Morgan fingerprint density at radius 1 is 1.36 bits per heavy atom. The molecule has 0 amide bonds. The summed E-state index contributed by atoms with van der Waals surface area (Å²) in [5, 5.41) is 2.93. The van der Waals surface area contributed by atoms with Gasteiger partial charge in [0.05, 0.1) is 6.61 Å². The highest BCUT2D eigenvalue weighted by Crippen LogP contribution is 2.14. The average molecular weight is 368 g/mol. The van der Waals surface area contributed by atoms with Crippen molar-refractivity contribution in [3.8, 4) is 5.75 Å². The molecule has 2 rings (SSSR count). The van der Waals surface area contributed by atoms with Crippen molar-refractivity contribution in [1.29, 1.82) is 0 Å². The number of guanidine groups is 2. The molecular weight excluding hydrogens is 344 g/mol. The van der Waals surface area contributed by atoms with Gasteiger partial charge in [0.1, 0.15) is 5.75 Å². The van der Waals surface area contributed by atoms with E-state index < -0.39 is 10.2 Å². The molecule has 25 heavy (non-hydrogen) atoms. The molecule has 0 saturated heterocycles. The molecule has 0 saturated carbocycles. The summed E-state index contributed by atoms with van der Waals surface area (Å²) >= 11 is 0. The molecular formula is C15H24N6O3S. The van der Waals surface area contributed by atoms with E-state index in [-0.39, 0.29) is 11.9 Å². The second kappa shape index (κ2) is 8.17. The fraction of sp³-hybridized carbons (Fsp3) is 0.467. The van der Waals surface area contributed by atoms with Gasteiger partial charge in [0.15, 0.2) is 0 Å². The van der Waals surface area contributed by atoms with Crippen molar-refractivity contribution >= 4 is 22.1 Å². The van der Waals surface area contributed by atoms with Crippen LogP contribution in [0.3, 0.4) is 0 Å².